The van der Waals surface area contributed by atoms with E-state index in [4.69, 9.17) is 9.47 Å². The second-order valence-electron chi connectivity index (χ2n) is 4.61. The Morgan fingerprint density at radius 2 is 2.16 bits per heavy atom. The molecule has 0 bridgehead atoms. The summed E-state index contributed by atoms with van der Waals surface area (Å²) in [6, 6.07) is 7.51. The van der Waals surface area contributed by atoms with Crippen molar-refractivity contribution in [1.82, 2.24) is 0 Å². The number of esters is 1. The number of hydrogen-bond donors (Lipinski definition) is 0. The van der Waals surface area contributed by atoms with E-state index in [1.165, 1.54) is 7.11 Å². The van der Waals surface area contributed by atoms with Crippen molar-refractivity contribution >= 4 is 11.8 Å². The zero-order valence-electron chi connectivity index (χ0n) is 11.2. The predicted octanol–water partition coefficient (Wildman–Crippen LogP) is 2.32. The molecule has 0 saturated heterocycles. The Labute approximate surface area is 112 Å². The summed E-state index contributed by atoms with van der Waals surface area (Å²) in [6.45, 7) is 2.33. The van der Waals surface area contributed by atoms with E-state index in [0.717, 1.165) is 11.3 Å². The normalized spacial score (nSPS) is 18.9. The second-order valence-corrected chi connectivity index (χ2v) is 4.61. The van der Waals surface area contributed by atoms with E-state index in [1.807, 2.05) is 31.2 Å². The molecule has 0 saturated carbocycles. The van der Waals surface area contributed by atoms with E-state index >= 15 is 0 Å². The van der Waals surface area contributed by atoms with Gasteiger partial charge in [0.15, 0.2) is 5.78 Å². The number of methoxy groups -OCH3 is 1. The Morgan fingerprint density at radius 3 is 2.84 bits per heavy atom. The van der Waals surface area contributed by atoms with Crippen LogP contribution in [0.5, 0.6) is 5.75 Å². The van der Waals surface area contributed by atoms with Crippen LogP contribution in [0.2, 0.25) is 0 Å². The number of benzene rings is 1. The highest BCUT2D eigenvalue weighted by atomic mass is 16.5. The van der Waals surface area contributed by atoms with Crippen molar-refractivity contribution in [1.29, 1.82) is 0 Å². The van der Waals surface area contributed by atoms with Gasteiger partial charge in [-0.2, -0.15) is 0 Å². The van der Waals surface area contributed by atoms with Gasteiger partial charge in [0.1, 0.15) is 11.7 Å². The van der Waals surface area contributed by atoms with E-state index in [-0.39, 0.29) is 11.7 Å². The highest BCUT2D eigenvalue weighted by Gasteiger charge is 2.35. The summed E-state index contributed by atoms with van der Waals surface area (Å²) in [6.07, 6.45) is 1.08. The quantitative estimate of drug-likeness (QED) is 0.617. The minimum absolute atomic E-state index is 0.0647. The number of ether oxygens (including phenoxy) is 2. The topological polar surface area (TPSA) is 52.6 Å². The van der Waals surface area contributed by atoms with Crippen molar-refractivity contribution in [3.05, 3.63) is 29.8 Å². The van der Waals surface area contributed by atoms with Gasteiger partial charge < -0.3 is 9.47 Å². The van der Waals surface area contributed by atoms with Gasteiger partial charge in [0.05, 0.1) is 19.6 Å². The van der Waals surface area contributed by atoms with Crippen LogP contribution in [0.3, 0.4) is 0 Å². The number of Topliss-reactive ketones (excluding diaryl/α,β-unsaturated/α-hetero) is 1. The van der Waals surface area contributed by atoms with Crippen molar-refractivity contribution in [2.75, 3.05) is 13.7 Å². The van der Waals surface area contributed by atoms with Crippen LogP contribution < -0.4 is 4.74 Å². The van der Waals surface area contributed by atoms with E-state index in [1.54, 1.807) is 0 Å². The van der Waals surface area contributed by atoms with Gasteiger partial charge in [0.2, 0.25) is 0 Å². The molecular weight excluding hydrogens is 244 g/mol. The number of carbonyl (C=O) groups excluding carboxylic acids is 2. The molecule has 1 aromatic carbocycles. The molecule has 19 heavy (non-hydrogen) atoms. The summed E-state index contributed by atoms with van der Waals surface area (Å²) in [4.78, 5) is 24.2. The van der Waals surface area contributed by atoms with Crippen molar-refractivity contribution in [3.63, 3.8) is 0 Å². The zero-order chi connectivity index (χ0) is 13.8. The summed E-state index contributed by atoms with van der Waals surface area (Å²) in [5.74, 6) is -0.719. The molecule has 0 spiro atoms. The third kappa shape index (κ3) is 2.62. The second kappa shape index (κ2) is 5.87. The van der Waals surface area contributed by atoms with Crippen molar-refractivity contribution in [3.8, 4) is 5.75 Å². The number of ketones is 1. The summed E-state index contributed by atoms with van der Waals surface area (Å²) in [7, 11) is 1.32. The molecule has 1 aliphatic rings. The Bertz CT molecular complexity index is 481. The molecular formula is C15H18O4. The van der Waals surface area contributed by atoms with E-state index in [9.17, 15) is 9.59 Å². The molecule has 2 rings (SSSR count). The van der Waals surface area contributed by atoms with Crippen molar-refractivity contribution < 1.29 is 19.1 Å². The van der Waals surface area contributed by atoms with E-state index < -0.39 is 11.9 Å². The summed E-state index contributed by atoms with van der Waals surface area (Å²) in [5, 5.41) is 0. The van der Waals surface area contributed by atoms with Gasteiger partial charge in [-0.1, -0.05) is 25.1 Å². The average Bonchev–Trinajstić information content (AvgIpc) is 2.47. The first-order chi connectivity index (χ1) is 9.19. The molecule has 2 unspecified atom stereocenters. The lowest BCUT2D eigenvalue weighted by Gasteiger charge is -2.26. The zero-order valence-corrected chi connectivity index (χ0v) is 11.2. The Kier molecular flexibility index (Phi) is 4.20. The van der Waals surface area contributed by atoms with E-state index in [2.05, 4.69) is 0 Å². The summed E-state index contributed by atoms with van der Waals surface area (Å²) < 4.78 is 10.2. The summed E-state index contributed by atoms with van der Waals surface area (Å²) in [5.41, 5.74) is 0.876. The number of rotatable bonds is 4. The minimum Gasteiger partial charge on any atom is -0.493 e. The molecule has 0 aliphatic carbocycles. The van der Waals surface area contributed by atoms with Crippen LogP contribution in [0.4, 0.5) is 0 Å². The largest absolute Gasteiger partial charge is 0.493 e. The molecule has 0 fully saturated rings. The Hall–Kier alpha value is -1.84. The SMILES string of the molecule is CCC(C(=O)OC)C(=O)C1CCOc2ccccc21. The number of para-hydroxylation sites is 1. The van der Waals surface area contributed by atoms with Crippen LogP contribution in [0.15, 0.2) is 24.3 Å². The molecule has 0 amide bonds. The first-order valence-electron chi connectivity index (χ1n) is 6.52. The summed E-state index contributed by atoms with van der Waals surface area (Å²) >= 11 is 0. The van der Waals surface area contributed by atoms with Crippen LogP contribution in [0.1, 0.15) is 31.2 Å². The Morgan fingerprint density at radius 1 is 1.42 bits per heavy atom. The number of fused-ring (bicyclic) bond motifs is 1. The highest BCUT2D eigenvalue weighted by Crippen LogP contribution is 2.36. The predicted molar refractivity (Wildman–Crippen MR) is 70.1 cm³/mol. The van der Waals surface area contributed by atoms with Crippen LogP contribution in [-0.4, -0.2) is 25.5 Å². The fourth-order valence-corrected chi connectivity index (χ4v) is 2.51. The van der Waals surface area contributed by atoms with Crippen LogP contribution in [0.25, 0.3) is 0 Å². The van der Waals surface area contributed by atoms with Gasteiger partial charge >= 0.3 is 5.97 Å². The lowest BCUT2D eigenvalue weighted by Crippen LogP contribution is -2.32. The molecule has 0 radical (unpaired) electrons. The number of hydrogen-bond acceptors (Lipinski definition) is 4. The first kappa shape index (κ1) is 13.6. The molecule has 4 heteroatoms. The third-order valence-corrected chi connectivity index (χ3v) is 3.54. The molecule has 4 nitrogen and oxygen atoms in total. The fraction of sp³-hybridized carbons (Fsp3) is 0.467. The van der Waals surface area contributed by atoms with Crippen LogP contribution in [-0.2, 0) is 14.3 Å². The van der Waals surface area contributed by atoms with Gasteiger partial charge in [-0.05, 0) is 18.9 Å². The van der Waals surface area contributed by atoms with Gasteiger partial charge in [-0.25, -0.2) is 0 Å². The van der Waals surface area contributed by atoms with E-state index in [0.29, 0.717) is 19.4 Å². The van der Waals surface area contributed by atoms with Gasteiger partial charge in [0, 0.05) is 5.56 Å². The highest BCUT2D eigenvalue weighted by molar-refractivity contribution is 6.02. The minimum atomic E-state index is -0.679. The molecule has 2 atom stereocenters. The van der Waals surface area contributed by atoms with Gasteiger partial charge in [0.25, 0.3) is 0 Å². The van der Waals surface area contributed by atoms with Gasteiger partial charge in [-0.15, -0.1) is 0 Å². The molecule has 1 heterocycles. The third-order valence-electron chi connectivity index (χ3n) is 3.54. The first-order valence-corrected chi connectivity index (χ1v) is 6.52. The monoisotopic (exact) mass is 262 g/mol. The number of carbonyl (C=O) groups is 2. The maximum Gasteiger partial charge on any atom is 0.316 e. The smallest absolute Gasteiger partial charge is 0.316 e. The average molecular weight is 262 g/mol. The lowest BCUT2D eigenvalue weighted by molar-refractivity contribution is -0.150. The molecule has 1 aliphatic heterocycles. The maximum absolute atomic E-state index is 12.5. The Balaban J connectivity index is 2.27. The molecule has 1 aromatic rings. The van der Waals surface area contributed by atoms with Crippen LogP contribution in [0, 0.1) is 5.92 Å². The van der Waals surface area contributed by atoms with Gasteiger partial charge in [-0.3, -0.25) is 9.59 Å². The maximum atomic E-state index is 12.5. The standard InChI is InChI=1S/C15H18O4/c1-3-10(15(17)18-2)14(16)12-8-9-19-13-7-5-4-6-11(12)13/h4-7,10,12H,3,8-9H2,1-2H3. The van der Waals surface area contributed by atoms with Crippen LogP contribution >= 0.6 is 0 Å². The molecule has 0 aromatic heterocycles. The van der Waals surface area contributed by atoms with Crippen molar-refractivity contribution in [2.45, 2.75) is 25.7 Å². The fourth-order valence-electron chi connectivity index (χ4n) is 2.51. The molecule has 102 valence electrons. The molecule has 0 N–H and O–H groups in total. The van der Waals surface area contributed by atoms with Crippen molar-refractivity contribution in [2.24, 2.45) is 5.92 Å². The lowest BCUT2D eigenvalue weighted by atomic mass is 9.83.